The molecule has 1 aromatic heterocycles. The molecule has 0 saturated heterocycles. The number of benzene rings is 3. The van der Waals surface area contributed by atoms with Gasteiger partial charge in [0.15, 0.2) is 12.4 Å². The predicted molar refractivity (Wildman–Crippen MR) is 144 cm³/mol. The topological polar surface area (TPSA) is 103 Å². The number of nitrogens with zero attached hydrogens (tertiary/aromatic N) is 3. The molecule has 0 spiro atoms. The highest BCUT2D eigenvalue weighted by Gasteiger charge is 2.18. The van der Waals surface area contributed by atoms with Crippen molar-refractivity contribution in [3.8, 4) is 22.9 Å². The van der Waals surface area contributed by atoms with E-state index in [0.29, 0.717) is 34.6 Å². The SMILES string of the molecule is CCOc1cc(C)c(-c2nc3ccccc3c(=O)n2N=Cc2cccc(OCC(=O)O)c2)cc1C(C)C. The molecule has 1 heterocycles. The minimum absolute atomic E-state index is 0.193. The quantitative estimate of drug-likeness (QED) is 0.316. The van der Waals surface area contributed by atoms with E-state index in [1.807, 2.05) is 38.1 Å². The number of carboxylic acids is 1. The molecule has 0 atom stereocenters. The maximum absolute atomic E-state index is 13.6. The minimum Gasteiger partial charge on any atom is -0.494 e. The summed E-state index contributed by atoms with van der Waals surface area (Å²) >= 11 is 0. The number of carbonyl (C=O) groups is 1. The van der Waals surface area contributed by atoms with Crippen LogP contribution in [0.3, 0.4) is 0 Å². The molecule has 8 nitrogen and oxygen atoms in total. The Balaban J connectivity index is 1.88. The molecule has 0 amide bonds. The highest BCUT2D eigenvalue weighted by Crippen LogP contribution is 2.34. The van der Waals surface area contributed by atoms with Gasteiger partial charge in [0.25, 0.3) is 5.56 Å². The number of hydrogen-bond donors (Lipinski definition) is 1. The van der Waals surface area contributed by atoms with Crippen molar-refractivity contribution in [1.82, 2.24) is 9.66 Å². The molecule has 190 valence electrons. The summed E-state index contributed by atoms with van der Waals surface area (Å²) in [4.78, 5) is 29.3. The summed E-state index contributed by atoms with van der Waals surface area (Å²) in [7, 11) is 0. The van der Waals surface area contributed by atoms with Gasteiger partial charge in [-0.1, -0.05) is 38.1 Å². The fourth-order valence-electron chi connectivity index (χ4n) is 4.03. The average molecular weight is 500 g/mol. The van der Waals surface area contributed by atoms with Crippen molar-refractivity contribution in [1.29, 1.82) is 0 Å². The summed E-state index contributed by atoms with van der Waals surface area (Å²) in [6, 6.07) is 18.0. The lowest BCUT2D eigenvalue weighted by Gasteiger charge is -2.18. The number of aryl methyl sites for hydroxylation is 1. The summed E-state index contributed by atoms with van der Waals surface area (Å²) in [6.45, 7) is 8.20. The van der Waals surface area contributed by atoms with E-state index in [1.165, 1.54) is 10.9 Å². The second-order valence-corrected chi connectivity index (χ2v) is 8.86. The fraction of sp³-hybridized carbons (Fsp3) is 0.241. The van der Waals surface area contributed by atoms with Crippen LogP contribution < -0.4 is 15.0 Å². The summed E-state index contributed by atoms with van der Waals surface area (Å²) in [6.07, 6.45) is 1.53. The van der Waals surface area contributed by atoms with Gasteiger partial charge >= 0.3 is 5.97 Å². The molecule has 4 aromatic rings. The van der Waals surface area contributed by atoms with Gasteiger partial charge in [-0.05, 0) is 72.9 Å². The predicted octanol–water partition coefficient (Wildman–Crippen LogP) is 5.24. The molecule has 0 saturated carbocycles. The van der Waals surface area contributed by atoms with E-state index in [0.717, 1.165) is 22.4 Å². The Morgan fingerprint density at radius 2 is 1.89 bits per heavy atom. The highest BCUT2D eigenvalue weighted by atomic mass is 16.5. The summed E-state index contributed by atoms with van der Waals surface area (Å²) < 4.78 is 12.4. The molecule has 0 bridgehead atoms. The second-order valence-electron chi connectivity index (χ2n) is 8.86. The molecule has 8 heteroatoms. The molecule has 37 heavy (non-hydrogen) atoms. The number of aliphatic carboxylic acids is 1. The van der Waals surface area contributed by atoms with Crippen molar-refractivity contribution in [2.75, 3.05) is 13.2 Å². The normalized spacial score (nSPS) is 11.4. The number of ether oxygens (including phenoxy) is 2. The van der Waals surface area contributed by atoms with Crippen molar-refractivity contribution in [2.45, 2.75) is 33.6 Å². The van der Waals surface area contributed by atoms with Crippen LogP contribution in [-0.2, 0) is 4.79 Å². The third-order valence-electron chi connectivity index (χ3n) is 5.82. The van der Waals surface area contributed by atoms with Gasteiger partial charge in [-0.15, -0.1) is 0 Å². The van der Waals surface area contributed by atoms with Crippen LogP contribution in [0.4, 0.5) is 0 Å². The monoisotopic (exact) mass is 499 g/mol. The molecule has 0 fully saturated rings. The van der Waals surface area contributed by atoms with E-state index in [-0.39, 0.29) is 11.5 Å². The Bertz CT molecular complexity index is 1540. The Hall–Kier alpha value is -4.46. The van der Waals surface area contributed by atoms with Crippen molar-refractivity contribution in [2.24, 2.45) is 5.10 Å². The van der Waals surface area contributed by atoms with Gasteiger partial charge in [-0.2, -0.15) is 9.78 Å². The maximum atomic E-state index is 13.6. The van der Waals surface area contributed by atoms with Gasteiger partial charge in [-0.25, -0.2) is 9.78 Å². The number of fused-ring (bicyclic) bond motifs is 1. The Morgan fingerprint density at radius 3 is 2.62 bits per heavy atom. The highest BCUT2D eigenvalue weighted by molar-refractivity contribution is 5.83. The van der Waals surface area contributed by atoms with E-state index >= 15 is 0 Å². The third kappa shape index (κ3) is 5.69. The van der Waals surface area contributed by atoms with E-state index < -0.39 is 12.6 Å². The lowest BCUT2D eigenvalue weighted by Crippen LogP contribution is -2.21. The first-order chi connectivity index (χ1) is 17.8. The molecule has 1 N–H and O–H groups in total. The molecule has 4 rings (SSSR count). The van der Waals surface area contributed by atoms with Crippen molar-refractivity contribution < 1.29 is 19.4 Å². The van der Waals surface area contributed by atoms with Crippen LogP contribution in [0, 0.1) is 6.92 Å². The van der Waals surface area contributed by atoms with E-state index in [2.05, 4.69) is 18.9 Å². The number of hydrogen-bond acceptors (Lipinski definition) is 6. The molecule has 3 aromatic carbocycles. The summed E-state index contributed by atoms with van der Waals surface area (Å²) in [5, 5.41) is 13.9. The largest absolute Gasteiger partial charge is 0.494 e. The molecule has 0 aliphatic rings. The zero-order valence-corrected chi connectivity index (χ0v) is 21.3. The first-order valence-corrected chi connectivity index (χ1v) is 12.1. The van der Waals surface area contributed by atoms with Gasteiger partial charge in [0.2, 0.25) is 0 Å². The van der Waals surface area contributed by atoms with Crippen molar-refractivity contribution in [3.63, 3.8) is 0 Å². The van der Waals surface area contributed by atoms with Crippen LogP contribution in [0.25, 0.3) is 22.3 Å². The first-order valence-electron chi connectivity index (χ1n) is 12.1. The smallest absolute Gasteiger partial charge is 0.341 e. The number of aromatic nitrogens is 2. The van der Waals surface area contributed by atoms with Crippen LogP contribution in [0.1, 0.15) is 43.4 Å². The number of para-hydroxylation sites is 1. The van der Waals surface area contributed by atoms with E-state index in [4.69, 9.17) is 19.6 Å². The summed E-state index contributed by atoms with van der Waals surface area (Å²) in [5.74, 6) is 0.748. The molecular weight excluding hydrogens is 470 g/mol. The lowest BCUT2D eigenvalue weighted by atomic mass is 9.96. The lowest BCUT2D eigenvalue weighted by molar-refractivity contribution is -0.139. The number of rotatable bonds is 9. The molecule has 0 aliphatic carbocycles. The Kier molecular flexibility index (Phi) is 7.67. The maximum Gasteiger partial charge on any atom is 0.341 e. The second kappa shape index (κ2) is 11.1. The van der Waals surface area contributed by atoms with Gasteiger partial charge < -0.3 is 14.6 Å². The molecule has 0 aliphatic heterocycles. The van der Waals surface area contributed by atoms with Crippen molar-refractivity contribution in [3.05, 3.63) is 87.7 Å². The van der Waals surface area contributed by atoms with Gasteiger partial charge in [-0.3, -0.25) is 4.79 Å². The molecule has 0 unspecified atom stereocenters. The zero-order chi connectivity index (χ0) is 26.5. The molecule has 0 radical (unpaired) electrons. The summed E-state index contributed by atoms with van der Waals surface area (Å²) in [5.41, 5.74) is 3.63. The van der Waals surface area contributed by atoms with Crippen LogP contribution in [-0.4, -0.2) is 40.2 Å². The Morgan fingerprint density at radius 1 is 1.11 bits per heavy atom. The standard InChI is InChI=1S/C29H29N3O5/c1-5-36-26-13-19(4)24(15-23(26)18(2)3)28-31-25-12-7-6-11-22(25)29(35)32(28)30-16-20-9-8-10-21(14-20)37-17-27(33)34/h6-16,18H,5,17H2,1-4H3,(H,33,34). The van der Waals surface area contributed by atoms with Crippen LogP contribution in [0.2, 0.25) is 0 Å². The fourth-order valence-corrected chi connectivity index (χ4v) is 4.03. The van der Waals surface area contributed by atoms with Crippen molar-refractivity contribution >= 4 is 23.1 Å². The van der Waals surface area contributed by atoms with Gasteiger partial charge in [0.05, 0.1) is 23.7 Å². The third-order valence-corrected chi connectivity index (χ3v) is 5.82. The van der Waals surface area contributed by atoms with E-state index in [9.17, 15) is 9.59 Å². The van der Waals surface area contributed by atoms with E-state index in [1.54, 1.807) is 36.4 Å². The van der Waals surface area contributed by atoms with Gasteiger partial charge in [0, 0.05) is 5.56 Å². The van der Waals surface area contributed by atoms with Crippen LogP contribution in [0.15, 0.2) is 70.6 Å². The number of carboxylic acid groups (broad SMARTS) is 1. The molecular formula is C29H29N3O5. The minimum atomic E-state index is -1.07. The first kappa shape index (κ1) is 25.6. The Labute approximate surface area is 214 Å². The zero-order valence-electron chi connectivity index (χ0n) is 21.3. The average Bonchev–Trinajstić information content (AvgIpc) is 2.87. The van der Waals surface area contributed by atoms with Crippen LogP contribution in [0.5, 0.6) is 11.5 Å². The van der Waals surface area contributed by atoms with Crippen LogP contribution >= 0.6 is 0 Å². The van der Waals surface area contributed by atoms with Gasteiger partial charge in [0.1, 0.15) is 11.5 Å².